The quantitative estimate of drug-likeness (QED) is 0.347. The van der Waals surface area contributed by atoms with Crippen LogP contribution >= 0.6 is 11.3 Å². The van der Waals surface area contributed by atoms with Gasteiger partial charge in [-0.1, -0.05) is 30.3 Å². The minimum Gasteiger partial charge on any atom is -0.316 e. The molecule has 0 fully saturated rings. The molecule has 1 aromatic heterocycles. The van der Waals surface area contributed by atoms with E-state index in [-0.39, 0.29) is 22.7 Å². The Morgan fingerprint density at radius 2 is 1.59 bits per heavy atom. The molecule has 0 bridgehead atoms. The highest BCUT2D eigenvalue weighted by molar-refractivity contribution is 7.07. The van der Waals surface area contributed by atoms with Crippen molar-refractivity contribution in [1.82, 2.24) is 4.57 Å². The monoisotopic (exact) mass is 412 g/mol. The van der Waals surface area contributed by atoms with Crippen LogP contribution in [0.4, 0.5) is 11.4 Å². The summed E-state index contributed by atoms with van der Waals surface area (Å²) in [5, 5.41) is 23.6. The van der Waals surface area contributed by atoms with Crippen LogP contribution in [-0.4, -0.2) is 26.1 Å². The van der Waals surface area contributed by atoms with Gasteiger partial charge in [0.2, 0.25) is 0 Å². The molecule has 1 heterocycles. The lowest BCUT2D eigenvalue weighted by atomic mass is 10.1. The van der Waals surface area contributed by atoms with Crippen molar-refractivity contribution in [3.63, 3.8) is 0 Å². The van der Waals surface area contributed by atoms with Crippen LogP contribution in [0.15, 0.2) is 65.1 Å². The molecule has 3 rings (SSSR count). The van der Waals surface area contributed by atoms with Crippen molar-refractivity contribution >= 4 is 34.4 Å². The molecule has 146 valence electrons. The van der Waals surface area contributed by atoms with Crippen LogP contribution < -0.4 is 4.80 Å². The number of nitro groups is 2. The van der Waals surface area contributed by atoms with Gasteiger partial charge >= 0.3 is 0 Å². The van der Waals surface area contributed by atoms with Crippen molar-refractivity contribution in [3.05, 3.63) is 96.3 Å². The number of nitrogens with zero attached hydrogens (tertiary/aromatic N) is 4. The molecule has 1 amide bonds. The topological polar surface area (TPSA) is 138 Å². The van der Waals surface area contributed by atoms with Crippen molar-refractivity contribution in [2.75, 3.05) is 0 Å². The molecular formula is C18H12N4O6S. The molecule has 0 saturated carbocycles. The van der Waals surface area contributed by atoms with E-state index < -0.39 is 27.1 Å². The fourth-order valence-corrected chi connectivity index (χ4v) is 3.18. The van der Waals surface area contributed by atoms with E-state index in [0.717, 1.165) is 29.5 Å². The number of hydrogen-bond donors (Lipinski definition) is 0. The third kappa shape index (κ3) is 4.65. The van der Waals surface area contributed by atoms with Crippen molar-refractivity contribution in [3.8, 4) is 0 Å². The van der Waals surface area contributed by atoms with E-state index in [1.807, 2.05) is 0 Å². The summed E-state index contributed by atoms with van der Waals surface area (Å²) >= 11 is 1.09. The molecule has 29 heavy (non-hydrogen) atoms. The lowest BCUT2D eigenvalue weighted by Gasteiger charge is -2.03. The number of carbonyl (C=O) groups excluding carboxylic acids is 2. The summed E-state index contributed by atoms with van der Waals surface area (Å²) in [7, 11) is 0. The summed E-state index contributed by atoms with van der Waals surface area (Å²) in [4.78, 5) is 49.2. The third-order valence-corrected chi connectivity index (χ3v) is 4.63. The Hall–Kier alpha value is -3.99. The number of hydrogen-bond acceptors (Lipinski definition) is 7. The van der Waals surface area contributed by atoms with Crippen LogP contribution in [-0.2, 0) is 6.54 Å². The maximum absolute atomic E-state index is 12.5. The van der Waals surface area contributed by atoms with Gasteiger partial charge < -0.3 is 4.57 Å². The summed E-state index contributed by atoms with van der Waals surface area (Å²) in [5.74, 6) is -1.08. The van der Waals surface area contributed by atoms with Crippen molar-refractivity contribution < 1.29 is 19.4 Å². The minimum atomic E-state index is -0.889. The molecule has 0 saturated heterocycles. The molecular weight excluding hydrogens is 400 g/mol. The molecule has 0 aliphatic carbocycles. The Morgan fingerprint density at radius 3 is 2.17 bits per heavy atom. The van der Waals surface area contributed by atoms with E-state index in [1.54, 1.807) is 41.9 Å². The van der Waals surface area contributed by atoms with E-state index in [9.17, 15) is 29.8 Å². The van der Waals surface area contributed by atoms with Crippen LogP contribution in [0.3, 0.4) is 0 Å². The zero-order chi connectivity index (χ0) is 21.0. The molecule has 3 aromatic rings. The summed E-state index contributed by atoms with van der Waals surface area (Å²) < 4.78 is 1.46. The minimum absolute atomic E-state index is 0.0608. The molecule has 0 N–H and O–H groups in total. The van der Waals surface area contributed by atoms with Gasteiger partial charge in [0.15, 0.2) is 10.6 Å². The first kappa shape index (κ1) is 19.8. The normalized spacial score (nSPS) is 11.2. The second-order valence-electron chi connectivity index (χ2n) is 5.77. The van der Waals surface area contributed by atoms with E-state index >= 15 is 0 Å². The zero-order valence-corrected chi connectivity index (χ0v) is 15.4. The molecule has 2 aromatic carbocycles. The number of benzene rings is 2. The summed E-state index contributed by atoms with van der Waals surface area (Å²) in [6, 6.07) is 11.2. The number of rotatable bonds is 6. The predicted molar refractivity (Wildman–Crippen MR) is 103 cm³/mol. The number of carbonyl (C=O) groups is 2. The van der Waals surface area contributed by atoms with Crippen LogP contribution in [0.2, 0.25) is 0 Å². The molecule has 10 nitrogen and oxygen atoms in total. The van der Waals surface area contributed by atoms with E-state index in [4.69, 9.17) is 0 Å². The Kier molecular flexibility index (Phi) is 5.69. The molecule has 0 aliphatic rings. The first-order chi connectivity index (χ1) is 13.8. The smallest absolute Gasteiger partial charge is 0.280 e. The fourth-order valence-electron chi connectivity index (χ4n) is 2.46. The van der Waals surface area contributed by atoms with Gasteiger partial charge in [0.1, 0.15) is 0 Å². The average Bonchev–Trinajstić information content (AvgIpc) is 3.14. The Bertz CT molecular complexity index is 1150. The van der Waals surface area contributed by atoms with Gasteiger partial charge in [0, 0.05) is 29.3 Å². The lowest BCUT2D eigenvalue weighted by molar-refractivity contribution is -0.394. The van der Waals surface area contributed by atoms with E-state index in [1.165, 1.54) is 4.57 Å². The van der Waals surface area contributed by atoms with Crippen molar-refractivity contribution in [2.45, 2.75) is 6.54 Å². The highest BCUT2D eigenvalue weighted by Gasteiger charge is 2.20. The molecule has 0 radical (unpaired) electrons. The first-order valence-electron chi connectivity index (χ1n) is 8.10. The lowest BCUT2D eigenvalue weighted by Crippen LogP contribution is -2.21. The van der Waals surface area contributed by atoms with Gasteiger partial charge in [-0.15, -0.1) is 11.3 Å². The Morgan fingerprint density at radius 1 is 0.966 bits per heavy atom. The molecule has 0 aliphatic heterocycles. The second-order valence-corrected chi connectivity index (χ2v) is 6.64. The SMILES string of the molecule is O=C(Cn1ccsc1=NC(=O)c1cc([N+](=O)[O-])cc([N+](=O)[O-])c1)c1ccccc1. The zero-order valence-electron chi connectivity index (χ0n) is 14.6. The summed E-state index contributed by atoms with van der Waals surface area (Å²) in [5.41, 5.74) is -0.967. The van der Waals surface area contributed by atoms with Crippen molar-refractivity contribution in [1.29, 1.82) is 0 Å². The average molecular weight is 412 g/mol. The number of ketones is 1. The molecule has 0 spiro atoms. The van der Waals surface area contributed by atoms with E-state index in [2.05, 4.69) is 4.99 Å². The summed E-state index contributed by atoms with van der Waals surface area (Å²) in [6.07, 6.45) is 1.58. The Labute approximate surface area is 166 Å². The van der Waals surface area contributed by atoms with Gasteiger partial charge in [0.25, 0.3) is 17.3 Å². The number of thiazole rings is 1. The van der Waals surface area contributed by atoms with Gasteiger partial charge in [-0.25, -0.2) is 0 Å². The van der Waals surface area contributed by atoms with Crippen LogP contribution in [0, 0.1) is 20.2 Å². The fraction of sp³-hybridized carbons (Fsp3) is 0.0556. The molecule has 0 unspecified atom stereocenters. The molecule has 0 atom stereocenters. The summed E-state index contributed by atoms with van der Waals surface area (Å²) in [6.45, 7) is -0.0608. The van der Waals surface area contributed by atoms with Crippen LogP contribution in [0.5, 0.6) is 0 Å². The Balaban J connectivity index is 1.93. The highest BCUT2D eigenvalue weighted by atomic mass is 32.1. The van der Waals surface area contributed by atoms with Crippen LogP contribution in [0.1, 0.15) is 20.7 Å². The van der Waals surface area contributed by atoms with Gasteiger partial charge in [-0.3, -0.25) is 29.8 Å². The third-order valence-electron chi connectivity index (χ3n) is 3.84. The van der Waals surface area contributed by atoms with E-state index in [0.29, 0.717) is 5.56 Å². The maximum atomic E-state index is 12.5. The van der Waals surface area contributed by atoms with Crippen molar-refractivity contribution in [2.24, 2.45) is 4.99 Å². The number of aromatic nitrogens is 1. The number of non-ortho nitro benzene ring substituents is 2. The predicted octanol–water partition coefficient (Wildman–Crippen LogP) is 2.99. The largest absolute Gasteiger partial charge is 0.316 e. The first-order valence-corrected chi connectivity index (χ1v) is 8.98. The number of amides is 1. The molecule has 11 heteroatoms. The van der Waals surface area contributed by atoms with Gasteiger partial charge in [0.05, 0.1) is 28.0 Å². The maximum Gasteiger partial charge on any atom is 0.280 e. The number of nitro benzene ring substituents is 2. The van der Waals surface area contributed by atoms with Gasteiger partial charge in [-0.05, 0) is 0 Å². The van der Waals surface area contributed by atoms with Crippen LogP contribution in [0.25, 0.3) is 0 Å². The second kappa shape index (κ2) is 8.35. The standard InChI is InChI=1S/C18H12N4O6S/c23-16(12-4-2-1-3-5-12)11-20-6-7-29-18(20)19-17(24)13-8-14(21(25)26)10-15(9-13)22(27)28/h1-10H,11H2. The highest BCUT2D eigenvalue weighted by Crippen LogP contribution is 2.23. The van der Waals surface area contributed by atoms with Gasteiger partial charge in [-0.2, -0.15) is 4.99 Å². The number of Topliss-reactive ketones (excluding diaryl/α,β-unsaturated/α-hetero) is 1.